The van der Waals surface area contributed by atoms with Crippen LogP contribution >= 0.6 is 0 Å². The highest BCUT2D eigenvalue weighted by atomic mass is 19.1. The number of aliphatic hydroxyl groups is 1. The molecule has 0 aromatic heterocycles. The van der Waals surface area contributed by atoms with Crippen molar-refractivity contribution in [1.29, 1.82) is 0 Å². The molecule has 3 nitrogen and oxygen atoms in total. The monoisotopic (exact) mass is 213 g/mol. The van der Waals surface area contributed by atoms with Crippen LogP contribution in [0.2, 0.25) is 0 Å². The molecule has 0 aromatic rings. The van der Waals surface area contributed by atoms with Gasteiger partial charge in [-0.15, -0.1) is 0 Å². The SMILES string of the molecule is C=CC1=C(C(=C)F)C(CNC)OCC1O. The molecule has 0 spiro atoms. The van der Waals surface area contributed by atoms with E-state index in [1.54, 1.807) is 7.05 Å². The Morgan fingerprint density at radius 1 is 1.80 bits per heavy atom. The minimum Gasteiger partial charge on any atom is -0.386 e. The van der Waals surface area contributed by atoms with Crippen LogP contribution in [0.5, 0.6) is 0 Å². The van der Waals surface area contributed by atoms with Gasteiger partial charge in [-0.1, -0.05) is 19.2 Å². The highest BCUT2D eigenvalue weighted by Crippen LogP contribution is 2.28. The Hall–Kier alpha value is -0.970. The van der Waals surface area contributed by atoms with Gasteiger partial charge < -0.3 is 15.2 Å². The maximum absolute atomic E-state index is 13.3. The lowest BCUT2D eigenvalue weighted by molar-refractivity contribution is 0.00495. The van der Waals surface area contributed by atoms with E-state index in [1.165, 1.54) is 6.08 Å². The summed E-state index contributed by atoms with van der Waals surface area (Å²) >= 11 is 0. The van der Waals surface area contributed by atoms with Gasteiger partial charge in [0.2, 0.25) is 0 Å². The topological polar surface area (TPSA) is 41.5 Å². The van der Waals surface area contributed by atoms with E-state index in [2.05, 4.69) is 18.5 Å². The first-order chi connectivity index (χ1) is 7.11. The fourth-order valence-electron chi connectivity index (χ4n) is 1.67. The fourth-order valence-corrected chi connectivity index (χ4v) is 1.67. The summed E-state index contributed by atoms with van der Waals surface area (Å²) in [6, 6.07) is 0. The third-order valence-electron chi connectivity index (χ3n) is 2.35. The zero-order valence-corrected chi connectivity index (χ0v) is 8.79. The van der Waals surface area contributed by atoms with Crippen molar-refractivity contribution < 1.29 is 14.2 Å². The Morgan fingerprint density at radius 3 is 2.93 bits per heavy atom. The van der Waals surface area contributed by atoms with Crippen molar-refractivity contribution in [3.63, 3.8) is 0 Å². The number of rotatable bonds is 4. The summed E-state index contributed by atoms with van der Waals surface area (Å²) < 4.78 is 18.6. The number of hydrogen-bond acceptors (Lipinski definition) is 3. The molecule has 2 unspecified atom stereocenters. The molecule has 0 saturated heterocycles. The van der Waals surface area contributed by atoms with E-state index in [-0.39, 0.29) is 6.61 Å². The van der Waals surface area contributed by atoms with E-state index >= 15 is 0 Å². The second-order valence-electron chi connectivity index (χ2n) is 3.37. The van der Waals surface area contributed by atoms with E-state index in [0.29, 0.717) is 17.7 Å². The number of nitrogens with one attached hydrogen (secondary N) is 1. The molecule has 0 saturated carbocycles. The number of aliphatic hydroxyl groups excluding tert-OH is 1. The second-order valence-corrected chi connectivity index (χ2v) is 3.37. The van der Waals surface area contributed by atoms with Crippen LogP contribution in [0.3, 0.4) is 0 Å². The average molecular weight is 213 g/mol. The Labute approximate surface area is 88.9 Å². The molecule has 0 radical (unpaired) electrons. The number of likely N-dealkylation sites (N-methyl/N-ethyl adjacent to an activating group) is 1. The summed E-state index contributed by atoms with van der Waals surface area (Å²) in [4.78, 5) is 0. The number of hydrogen-bond donors (Lipinski definition) is 2. The van der Waals surface area contributed by atoms with Gasteiger partial charge in [-0.25, -0.2) is 4.39 Å². The third-order valence-corrected chi connectivity index (χ3v) is 2.35. The predicted octanol–water partition coefficient (Wildman–Crippen LogP) is 0.931. The van der Waals surface area contributed by atoms with Crippen LogP contribution in [0.15, 0.2) is 36.2 Å². The van der Waals surface area contributed by atoms with Gasteiger partial charge in [0.15, 0.2) is 0 Å². The first-order valence-electron chi connectivity index (χ1n) is 4.77. The van der Waals surface area contributed by atoms with E-state index in [1.807, 2.05) is 0 Å². The number of ether oxygens (including phenoxy) is 1. The first kappa shape index (κ1) is 12.1. The second kappa shape index (κ2) is 5.21. The molecule has 1 aliphatic heterocycles. The van der Waals surface area contributed by atoms with Crippen molar-refractivity contribution in [2.75, 3.05) is 20.2 Å². The average Bonchev–Trinajstić information content (AvgIpc) is 2.20. The van der Waals surface area contributed by atoms with Crippen molar-refractivity contribution in [2.45, 2.75) is 12.2 Å². The standard InChI is InChI=1S/C11H16FNO2/c1-4-8-9(14)6-15-10(5-13-3)11(8)7(2)12/h4,9-10,13-14H,1-2,5-6H2,3H3. The summed E-state index contributed by atoms with van der Waals surface area (Å²) in [5.74, 6) is -0.580. The van der Waals surface area contributed by atoms with Gasteiger partial charge in [-0.3, -0.25) is 0 Å². The lowest BCUT2D eigenvalue weighted by atomic mass is 9.95. The first-order valence-corrected chi connectivity index (χ1v) is 4.77. The van der Waals surface area contributed by atoms with Crippen molar-refractivity contribution in [2.24, 2.45) is 0 Å². The molecule has 15 heavy (non-hydrogen) atoms. The van der Waals surface area contributed by atoms with Gasteiger partial charge in [0.25, 0.3) is 0 Å². The summed E-state index contributed by atoms with van der Waals surface area (Å²) in [5, 5.41) is 12.5. The lowest BCUT2D eigenvalue weighted by Gasteiger charge is -2.30. The zero-order valence-electron chi connectivity index (χ0n) is 8.79. The molecule has 0 bridgehead atoms. The summed E-state index contributed by atoms with van der Waals surface area (Å²) in [6.45, 7) is 7.44. The normalized spacial score (nSPS) is 26.6. The molecule has 0 aliphatic carbocycles. The van der Waals surface area contributed by atoms with Crippen LogP contribution in [-0.4, -0.2) is 37.5 Å². The molecule has 1 rings (SSSR count). The fraction of sp³-hybridized carbons (Fsp3) is 0.455. The molecular weight excluding hydrogens is 197 g/mol. The Bertz CT molecular complexity index is 299. The molecular formula is C11H16FNO2. The minimum absolute atomic E-state index is 0.157. The highest BCUT2D eigenvalue weighted by molar-refractivity contribution is 5.41. The zero-order chi connectivity index (χ0) is 11.4. The van der Waals surface area contributed by atoms with E-state index in [4.69, 9.17) is 4.74 Å². The molecule has 2 atom stereocenters. The summed E-state index contributed by atoms with van der Waals surface area (Å²) in [6.07, 6.45) is 0.220. The van der Waals surface area contributed by atoms with Gasteiger partial charge in [0, 0.05) is 12.1 Å². The summed E-state index contributed by atoms with van der Waals surface area (Å²) in [7, 11) is 1.75. The van der Waals surface area contributed by atoms with Crippen molar-refractivity contribution >= 4 is 0 Å². The summed E-state index contributed by atoms with van der Waals surface area (Å²) in [5.41, 5.74) is 0.770. The van der Waals surface area contributed by atoms with Crippen molar-refractivity contribution in [1.82, 2.24) is 5.32 Å². The molecule has 0 fully saturated rings. The van der Waals surface area contributed by atoms with Gasteiger partial charge in [-0.2, -0.15) is 0 Å². The van der Waals surface area contributed by atoms with Crippen LogP contribution in [0.4, 0.5) is 4.39 Å². The smallest absolute Gasteiger partial charge is 0.122 e. The third kappa shape index (κ3) is 2.53. The van der Waals surface area contributed by atoms with Gasteiger partial charge in [-0.05, 0) is 12.6 Å². The Morgan fingerprint density at radius 2 is 2.47 bits per heavy atom. The van der Waals surface area contributed by atoms with Crippen molar-refractivity contribution in [3.05, 3.63) is 36.2 Å². The molecule has 0 aromatic carbocycles. The predicted molar refractivity (Wildman–Crippen MR) is 57.1 cm³/mol. The maximum Gasteiger partial charge on any atom is 0.122 e. The van der Waals surface area contributed by atoms with E-state index < -0.39 is 18.0 Å². The molecule has 1 aliphatic rings. The molecule has 0 amide bonds. The van der Waals surface area contributed by atoms with Crippen LogP contribution in [0, 0.1) is 0 Å². The quantitative estimate of drug-likeness (QED) is 0.730. The Balaban J connectivity index is 3.07. The van der Waals surface area contributed by atoms with Crippen molar-refractivity contribution in [3.8, 4) is 0 Å². The number of halogens is 1. The maximum atomic E-state index is 13.3. The van der Waals surface area contributed by atoms with Gasteiger partial charge in [0.05, 0.1) is 12.7 Å². The van der Waals surface area contributed by atoms with E-state index in [0.717, 1.165) is 0 Å². The van der Waals surface area contributed by atoms with Gasteiger partial charge in [0.1, 0.15) is 11.9 Å². The van der Waals surface area contributed by atoms with Crippen LogP contribution in [0.25, 0.3) is 0 Å². The van der Waals surface area contributed by atoms with Crippen LogP contribution in [-0.2, 0) is 4.74 Å². The van der Waals surface area contributed by atoms with Crippen LogP contribution < -0.4 is 5.32 Å². The largest absolute Gasteiger partial charge is 0.386 e. The Kier molecular flexibility index (Phi) is 4.20. The molecule has 4 heteroatoms. The van der Waals surface area contributed by atoms with E-state index in [9.17, 15) is 9.50 Å². The molecule has 2 N–H and O–H groups in total. The van der Waals surface area contributed by atoms with Crippen LogP contribution in [0.1, 0.15) is 0 Å². The van der Waals surface area contributed by atoms with Gasteiger partial charge >= 0.3 is 0 Å². The highest BCUT2D eigenvalue weighted by Gasteiger charge is 2.29. The molecule has 1 heterocycles. The lowest BCUT2D eigenvalue weighted by Crippen LogP contribution is -2.38. The minimum atomic E-state index is -0.821. The molecule has 84 valence electrons.